The molecule has 2 aliphatic heterocycles. The number of aryl methyl sites for hydroxylation is 1. The molecule has 0 spiro atoms. The molecule has 4 rings (SSSR count). The molecule has 0 radical (unpaired) electrons. The van der Waals surface area contributed by atoms with E-state index in [4.69, 9.17) is 9.47 Å². The molecule has 7 heteroatoms. The minimum Gasteiger partial charge on any atom is -0.495 e. The second-order valence-electron chi connectivity index (χ2n) is 7.95. The predicted molar refractivity (Wildman–Crippen MR) is 120 cm³/mol. The van der Waals surface area contributed by atoms with Gasteiger partial charge in [0.15, 0.2) is 6.10 Å². The van der Waals surface area contributed by atoms with Gasteiger partial charge in [-0.2, -0.15) is 0 Å². The highest BCUT2D eigenvalue weighted by molar-refractivity contribution is 6.04. The van der Waals surface area contributed by atoms with Crippen molar-refractivity contribution in [3.8, 4) is 11.5 Å². The van der Waals surface area contributed by atoms with Crippen LogP contribution in [0.3, 0.4) is 0 Å². The first kappa shape index (κ1) is 21.0. The number of carbonyl (C=O) groups is 2. The minimum absolute atomic E-state index is 0.0316. The van der Waals surface area contributed by atoms with Crippen LogP contribution in [-0.2, 0) is 9.59 Å². The maximum atomic E-state index is 13.1. The number of fused-ring (bicyclic) bond motifs is 1. The maximum Gasteiger partial charge on any atom is 0.268 e. The fourth-order valence-electron chi connectivity index (χ4n) is 4.18. The zero-order valence-electron chi connectivity index (χ0n) is 18.3. The van der Waals surface area contributed by atoms with Gasteiger partial charge in [-0.15, -0.1) is 0 Å². The Morgan fingerprint density at radius 1 is 1.10 bits per heavy atom. The van der Waals surface area contributed by atoms with Gasteiger partial charge in [0.05, 0.1) is 18.5 Å². The molecule has 2 aromatic rings. The number of methoxy groups -OCH3 is 1. The van der Waals surface area contributed by atoms with Gasteiger partial charge in [0.1, 0.15) is 18.0 Å². The Kier molecular flexibility index (Phi) is 6.02. The van der Waals surface area contributed by atoms with Crippen LogP contribution in [-0.4, -0.2) is 62.7 Å². The van der Waals surface area contributed by atoms with E-state index >= 15 is 0 Å². The third-order valence-electron chi connectivity index (χ3n) is 5.94. The van der Waals surface area contributed by atoms with Gasteiger partial charge in [-0.1, -0.05) is 25.1 Å². The van der Waals surface area contributed by atoms with Gasteiger partial charge in [-0.05, 0) is 43.2 Å². The summed E-state index contributed by atoms with van der Waals surface area (Å²) in [5.41, 5.74) is 2.74. The van der Waals surface area contributed by atoms with E-state index in [2.05, 4.69) is 4.90 Å². The molecular weight excluding hydrogens is 394 g/mol. The largest absolute Gasteiger partial charge is 0.495 e. The number of anilines is 2. The molecule has 164 valence electrons. The Morgan fingerprint density at radius 2 is 1.84 bits per heavy atom. The van der Waals surface area contributed by atoms with Crippen LogP contribution in [0.2, 0.25) is 0 Å². The lowest BCUT2D eigenvalue weighted by Crippen LogP contribution is -2.54. The second-order valence-corrected chi connectivity index (χ2v) is 7.95. The molecular formula is C24H29N3O4. The lowest BCUT2D eigenvalue weighted by atomic mass is 10.1. The number of benzene rings is 2. The molecule has 0 N–H and O–H groups in total. The Morgan fingerprint density at radius 3 is 2.55 bits per heavy atom. The van der Waals surface area contributed by atoms with Gasteiger partial charge in [0, 0.05) is 26.2 Å². The quantitative estimate of drug-likeness (QED) is 0.740. The molecule has 31 heavy (non-hydrogen) atoms. The Bertz CT molecular complexity index is 969. The first-order valence-corrected chi connectivity index (χ1v) is 10.8. The van der Waals surface area contributed by atoms with E-state index in [-0.39, 0.29) is 18.4 Å². The van der Waals surface area contributed by atoms with Crippen LogP contribution >= 0.6 is 0 Å². The number of rotatable bonds is 5. The summed E-state index contributed by atoms with van der Waals surface area (Å²) in [6.07, 6.45) is 0.0134. The predicted octanol–water partition coefficient (Wildman–Crippen LogP) is 2.86. The van der Waals surface area contributed by atoms with Crippen LogP contribution in [0.25, 0.3) is 0 Å². The number of para-hydroxylation sites is 2. The van der Waals surface area contributed by atoms with Crippen molar-refractivity contribution in [2.75, 3.05) is 49.6 Å². The minimum atomic E-state index is -0.551. The van der Waals surface area contributed by atoms with E-state index in [0.29, 0.717) is 30.9 Å². The first-order chi connectivity index (χ1) is 15.0. The maximum absolute atomic E-state index is 13.1. The summed E-state index contributed by atoms with van der Waals surface area (Å²) >= 11 is 0. The highest BCUT2D eigenvalue weighted by Crippen LogP contribution is 2.35. The Hall–Kier alpha value is -3.22. The van der Waals surface area contributed by atoms with Gasteiger partial charge in [0.2, 0.25) is 5.91 Å². The van der Waals surface area contributed by atoms with Crippen LogP contribution in [0.15, 0.2) is 42.5 Å². The summed E-state index contributed by atoms with van der Waals surface area (Å²) in [6.45, 7) is 6.56. The summed E-state index contributed by atoms with van der Waals surface area (Å²) in [5, 5.41) is 0. The molecule has 2 aliphatic rings. The number of amides is 2. The van der Waals surface area contributed by atoms with Crippen LogP contribution in [0.1, 0.15) is 18.9 Å². The van der Waals surface area contributed by atoms with Crippen LogP contribution < -0.4 is 19.3 Å². The van der Waals surface area contributed by atoms with Crippen molar-refractivity contribution in [2.45, 2.75) is 26.4 Å². The fourth-order valence-corrected chi connectivity index (χ4v) is 4.18. The number of hydrogen-bond acceptors (Lipinski definition) is 5. The van der Waals surface area contributed by atoms with Crippen molar-refractivity contribution in [1.29, 1.82) is 0 Å². The number of hydrogen-bond donors (Lipinski definition) is 0. The molecule has 0 bridgehead atoms. The van der Waals surface area contributed by atoms with E-state index in [1.165, 1.54) is 0 Å². The van der Waals surface area contributed by atoms with Crippen LogP contribution in [0, 0.1) is 6.92 Å². The SMILES string of the molecule is CC[C@H]1Oc2ccc(C)cc2N(CC(=O)N2CCN(c3ccccc3OC)CC2)C1=O. The number of piperazine rings is 1. The number of ether oxygens (including phenoxy) is 2. The normalized spacial score (nSPS) is 18.5. The van der Waals surface area contributed by atoms with Gasteiger partial charge >= 0.3 is 0 Å². The van der Waals surface area contributed by atoms with Crippen molar-refractivity contribution in [3.05, 3.63) is 48.0 Å². The Labute approximate surface area is 183 Å². The standard InChI is InChI=1S/C24H29N3O4/c1-4-20-24(29)27(19-15-17(2)9-10-22(19)31-20)16-23(28)26-13-11-25(12-14-26)18-7-5-6-8-21(18)30-3/h5-10,15,20H,4,11-14,16H2,1-3H3/t20-/m1/s1. The number of carbonyl (C=O) groups excluding carboxylic acids is 2. The smallest absolute Gasteiger partial charge is 0.268 e. The number of nitrogens with zero attached hydrogens (tertiary/aromatic N) is 3. The van der Waals surface area contributed by atoms with Crippen LogP contribution in [0.4, 0.5) is 11.4 Å². The molecule has 0 aliphatic carbocycles. The first-order valence-electron chi connectivity index (χ1n) is 10.8. The molecule has 0 saturated carbocycles. The van der Waals surface area contributed by atoms with Crippen molar-refractivity contribution in [1.82, 2.24) is 4.90 Å². The van der Waals surface area contributed by atoms with Crippen molar-refractivity contribution >= 4 is 23.2 Å². The molecule has 1 atom stereocenters. The van der Waals surface area contributed by atoms with E-state index in [1.54, 1.807) is 12.0 Å². The highest BCUT2D eigenvalue weighted by atomic mass is 16.5. The molecule has 0 aromatic heterocycles. The van der Waals surface area contributed by atoms with Crippen molar-refractivity contribution in [3.63, 3.8) is 0 Å². The van der Waals surface area contributed by atoms with E-state index in [1.807, 2.05) is 61.2 Å². The van der Waals surface area contributed by atoms with Gasteiger partial charge in [-0.3, -0.25) is 14.5 Å². The molecule has 7 nitrogen and oxygen atoms in total. The monoisotopic (exact) mass is 423 g/mol. The molecule has 2 heterocycles. The summed E-state index contributed by atoms with van der Waals surface area (Å²) < 4.78 is 11.3. The topological polar surface area (TPSA) is 62.3 Å². The average Bonchev–Trinajstić information content (AvgIpc) is 2.80. The fraction of sp³-hybridized carbons (Fsp3) is 0.417. The molecule has 1 saturated heterocycles. The lowest BCUT2D eigenvalue weighted by molar-refractivity contribution is -0.133. The zero-order chi connectivity index (χ0) is 22.0. The molecule has 2 amide bonds. The van der Waals surface area contributed by atoms with E-state index in [0.717, 1.165) is 30.1 Å². The van der Waals surface area contributed by atoms with Crippen LogP contribution in [0.5, 0.6) is 11.5 Å². The third kappa shape index (κ3) is 4.17. The zero-order valence-corrected chi connectivity index (χ0v) is 18.3. The Balaban J connectivity index is 1.45. The molecule has 2 aromatic carbocycles. The second kappa shape index (κ2) is 8.88. The van der Waals surface area contributed by atoms with Gasteiger partial charge < -0.3 is 19.3 Å². The van der Waals surface area contributed by atoms with E-state index < -0.39 is 6.10 Å². The third-order valence-corrected chi connectivity index (χ3v) is 5.94. The molecule has 1 fully saturated rings. The van der Waals surface area contributed by atoms with Crippen molar-refractivity contribution < 1.29 is 19.1 Å². The summed E-state index contributed by atoms with van der Waals surface area (Å²) in [6, 6.07) is 13.7. The summed E-state index contributed by atoms with van der Waals surface area (Å²) in [7, 11) is 1.67. The lowest BCUT2D eigenvalue weighted by Gasteiger charge is -2.38. The average molecular weight is 424 g/mol. The van der Waals surface area contributed by atoms with Gasteiger partial charge in [-0.25, -0.2) is 0 Å². The van der Waals surface area contributed by atoms with E-state index in [9.17, 15) is 9.59 Å². The highest BCUT2D eigenvalue weighted by Gasteiger charge is 2.35. The van der Waals surface area contributed by atoms with Crippen molar-refractivity contribution in [2.24, 2.45) is 0 Å². The summed E-state index contributed by atoms with van der Waals surface area (Å²) in [5.74, 6) is 1.29. The van der Waals surface area contributed by atoms with Gasteiger partial charge in [0.25, 0.3) is 5.91 Å². The summed E-state index contributed by atoms with van der Waals surface area (Å²) in [4.78, 5) is 31.7. The molecule has 0 unspecified atom stereocenters.